The van der Waals surface area contributed by atoms with Gasteiger partial charge in [-0.25, -0.2) is 0 Å². The Morgan fingerprint density at radius 1 is 1.00 bits per heavy atom. The Kier molecular flexibility index (Phi) is 3.37. The summed E-state index contributed by atoms with van der Waals surface area (Å²) in [6.07, 6.45) is 0. The van der Waals surface area contributed by atoms with Gasteiger partial charge in [0, 0.05) is 0 Å². The zero-order chi connectivity index (χ0) is 11.8. The monoisotopic (exact) mass is 200 g/mol. The summed E-state index contributed by atoms with van der Waals surface area (Å²) in [6, 6.07) is 4.73. The molecule has 0 aliphatic carbocycles. The minimum Gasteiger partial charge on any atom is -0.0853 e. The standard InChI is InChI=1S/C13H22B2/c1-8(2)9-6-12(15)10(7-11(9)14)13(3,4)5/h6-8H,14-15H2,1-5H3. The number of hydrogen-bond acceptors (Lipinski definition) is 0. The highest BCUT2D eigenvalue weighted by Crippen LogP contribution is 2.21. The predicted octanol–water partition coefficient (Wildman–Crippen LogP) is 0.624. The molecule has 15 heavy (non-hydrogen) atoms. The summed E-state index contributed by atoms with van der Waals surface area (Å²) in [7, 11) is 4.45. The molecule has 0 saturated heterocycles. The lowest BCUT2D eigenvalue weighted by atomic mass is 9.72. The molecule has 1 aromatic rings. The summed E-state index contributed by atoms with van der Waals surface area (Å²) in [5.74, 6) is 0.623. The summed E-state index contributed by atoms with van der Waals surface area (Å²) in [4.78, 5) is 0. The van der Waals surface area contributed by atoms with Crippen LogP contribution in [0.4, 0.5) is 0 Å². The first-order chi connectivity index (χ1) is 6.73. The molecule has 0 nitrogen and oxygen atoms in total. The molecule has 0 amide bonds. The molecule has 2 heteroatoms. The summed E-state index contributed by atoms with van der Waals surface area (Å²) < 4.78 is 0. The molecular formula is C13H22B2. The molecule has 0 bridgehead atoms. The zero-order valence-electron chi connectivity index (χ0n) is 11.2. The van der Waals surface area contributed by atoms with E-state index >= 15 is 0 Å². The van der Waals surface area contributed by atoms with Crippen LogP contribution < -0.4 is 10.9 Å². The van der Waals surface area contributed by atoms with Gasteiger partial charge in [-0.3, -0.25) is 0 Å². The van der Waals surface area contributed by atoms with Crippen molar-refractivity contribution in [2.75, 3.05) is 0 Å². The third-order valence-electron chi connectivity index (χ3n) is 3.04. The molecule has 0 aliphatic rings. The quantitative estimate of drug-likeness (QED) is 0.583. The lowest BCUT2D eigenvalue weighted by Gasteiger charge is -2.24. The van der Waals surface area contributed by atoms with Gasteiger partial charge in [0.15, 0.2) is 0 Å². The highest BCUT2D eigenvalue weighted by molar-refractivity contribution is 6.37. The smallest absolute Gasteiger partial charge is 0.0853 e. The highest BCUT2D eigenvalue weighted by atomic mass is 14.2. The fourth-order valence-corrected chi connectivity index (χ4v) is 2.27. The van der Waals surface area contributed by atoms with Crippen LogP contribution >= 0.6 is 0 Å². The van der Waals surface area contributed by atoms with Crippen LogP contribution in [0.1, 0.15) is 51.7 Å². The Morgan fingerprint density at radius 2 is 1.53 bits per heavy atom. The van der Waals surface area contributed by atoms with E-state index in [1.54, 1.807) is 0 Å². The van der Waals surface area contributed by atoms with E-state index in [9.17, 15) is 0 Å². The van der Waals surface area contributed by atoms with Crippen molar-refractivity contribution in [3.05, 3.63) is 23.3 Å². The molecule has 0 saturated carbocycles. The third kappa shape index (κ3) is 2.68. The van der Waals surface area contributed by atoms with Crippen LogP contribution in [0.15, 0.2) is 12.1 Å². The van der Waals surface area contributed by atoms with Crippen molar-refractivity contribution >= 4 is 26.6 Å². The number of benzene rings is 1. The van der Waals surface area contributed by atoms with Gasteiger partial charge in [0.1, 0.15) is 15.7 Å². The topological polar surface area (TPSA) is 0 Å². The second kappa shape index (κ2) is 4.08. The van der Waals surface area contributed by atoms with E-state index in [1.807, 2.05) is 0 Å². The average Bonchev–Trinajstić information content (AvgIpc) is 2.06. The maximum absolute atomic E-state index is 2.37. The molecule has 0 atom stereocenters. The van der Waals surface area contributed by atoms with Crippen molar-refractivity contribution in [1.82, 2.24) is 0 Å². The van der Waals surface area contributed by atoms with Crippen LogP contribution in [-0.4, -0.2) is 15.7 Å². The summed E-state index contributed by atoms with van der Waals surface area (Å²) in [5, 5.41) is 0. The predicted molar refractivity (Wildman–Crippen MR) is 75.6 cm³/mol. The van der Waals surface area contributed by atoms with E-state index in [2.05, 4.69) is 62.4 Å². The fourth-order valence-electron chi connectivity index (χ4n) is 2.27. The van der Waals surface area contributed by atoms with E-state index < -0.39 is 0 Å². The first-order valence-electron chi connectivity index (χ1n) is 5.85. The van der Waals surface area contributed by atoms with Crippen molar-refractivity contribution in [3.8, 4) is 0 Å². The van der Waals surface area contributed by atoms with Crippen molar-refractivity contribution in [1.29, 1.82) is 0 Å². The molecule has 0 fully saturated rings. The van der Waals surface area contributed by atoms with Crippen LogP contribution in [-0.2, 0) is 5.41 Å². The molecule has 0 aliphatic heterocycles. The Morgan fingerprint density at radius 3 is 1.93 bits per heavy atom. The minimum absolute atomic E-state index is 0.254. The van der Waals surface area contributed by atoms with E-state index in [-0.39, 0.29) is 5.41 Å². The van der Waals surface area contributed by atoms with Gasteiger partial charge in [0.2, 0.25) is 0 Å². The molecule has 0 heterocycles. The molecule has 1 aromatic carbocycles. The maximum Gasteiger partial charge on any atom is 0.139 e. The Balaban J connectivity index is 3.32. The maximum atomic E-state index is 2.37. The molecule has 1 rings (SSSR count). The second-order valence-corrected chi connectivity index (χ2v) is 5.93. The zero-order valence-corrected chi connectivity index (χ0v) is 11.2. The van der Waals surface area contributed by atoms with Crippen molar-refractivity contribution in [2.45, 2.75) is 46.0 Å². The van der Waals surface area contributed by atoms with Crippen molar-refractivity contribution in [3.63, 3.8) is 0 Å². The van der Waals surface area contributed by atoms with Crippen LogP contribution in [0.5, 0.6) is 0 Å². The van der Waals surface area contributed by atoms with Gasteiger partial charge in [0.25, 0.3) is 0 Å². The van der Waals surface area contributed by atoms with Gasteiger partial charge >= 0.3 is 0 Å². The first-order valence-corrected chi connectivity index (χ1v) is 5.85. The van der Waals surface area contributed by atoms with Crippen LogP contribution in [0.2, 0.25) is 0 Å². The lowest BCUT2D eigenvalue weighted by molar-refractivity contribution is 0.594. The molecule has 0 unspecified atom stereocenters. The minimum atomic E-state index is 0.254. The average molecular weight is 200 g/mol. The van der Waals surface area contributed by atoms with Gasteiger partial charge < -0.3 is 0 Å². The summed E-state index contributed by atoms with van der Waals surface area (Å²) in [5.41, 5.74) is 6.08. The van der Waals surface area contributed by atoms with Crippen LogP contribution in [0.25, 0.3) is 0 Å². The third-order valence-corrected chi connectivity index (χ3v) is 3.04. The van der Waals surface area contributed by atoms with Gasteiger partial charge in [-0.05, 0) is 16.9 Å². The lowest BCUT2D eigenvalue weighted by Crippen LogP contribution is -2.28. The Bertz CT molecular complexity index is 360. The number of hydrogen-bond donors (Lipinski definition) is 0. The van der Waals surface area contributed by atoms with E-state index in [0.29, 0.717) is 5.92 Å². The summed E-state index contributed by atoms with van der Waals surface area (Å²) >= 11 is 0. The van der Waals surface area contributed by atoms with Crippen molar-refractivity contribution in [2.24, 2.45) is 0 Å². The summed E-state index contributed by atoms with van der Waals surface area (Å²) in [6.45, 7) is 11.4. The van der Waals surface area contributed by atoms with E-state index in [4.69, 9.17) is 0 Å². The number of rotatable bonds is 1. The van der Waals surface area contributed by atoms with Gasteiger partial charge in [0.05, 0.1) is 0 Å². The highest BCUT2D eigenvalue weighted by Gasteiger charge is 2.17. The van der Waals surface area contributed by atoms with Gasteiger partial charge in [-0.2, -0.15) is 0 Å². The van der Waals surface area contributed by atoms with E-state index in [0.717, 1.165) is 0 Å². The van der Waals surface area contributed by atoms with Crippen LogP contribution in [0, 0.1) is 0 Å². The molecular weight excluding hydrogens is 178 g/mol. The first kappa shape index (κ1) is 12.4. The Hall–Kier alpha value is -0.650. The molecule has 0 spiro atoms. The van der Waals surface area contributed by atoms with E-state index in [1.165, 1.54) is 22.1 Å². The Labute approximate surface area is 96.3 Å². The molecule has 80 valence electrons. The fraction of sp³-hybridized carbons (Fsp3) is 0.538. The molecule has 0 radical (unpaired) electrons. The van der Waals surface area contributed by atoms with Crippen LogP contribution in [0.3, 0.4) is 0 Å². The largest absolute Gasteiger partial charge is 0.139 e. The van der Waals surface area contributed by atoms with Crippen molar-refractivity contribution < 1.29 is 0 Å². The molecule has 0 N–H and O–H groups in total. The second-order valence-electron chi connectivity index (χ2n) is 5.93. The van der Waals surface area contributed by atoms with Gasteiger partial charge in [-0.15, -0.1) is 0 Å². The molecule has 0 aromatic heterocycles. The van der Waals surface area contributed by atoms with Gasteiger partial charge in [-0.1, -0.05) is 63.2 Å². The normalized spacial score (nSPS) is 12.1. The SMILES string of the molecule is Bc1cc(C(C)(C)C)c(B)cc1C(C)C.